The molecule has 0 radical (unpaired) electrons. The number of rotatable bonds is 5. The van der Waals surface area contributed by atoms with Crippen molar-refractivity contribution < 1.29 is 0 Å². The Hall–Kier alpha value is -1.22. The minimum absolute atomic E-state index is 0. The molecule has 1 atom stereocenters. The van der Waals surface area contributed by atoms with Crippen LogP contribution >= 0.6 is 24.0 Å². The van der Waals surface area contributed by atoms with Crippen LogP contribution in [0, 0.1) is 0 Å². The van der Waals surface area contributed by atoms with Crippen molar-refractivity contribution in [2.24, 2.45) is 0 Å². The van der Waals surface area contributed by atoms with Crippen LogP contribution in [0.25, 0.3) is 0 Å². The molecule has 0 spiro atoms. The molecule has 0 aliphatic rings. The average molecular weight is 325 g/mol. The second kappa shape index (κ2) is 8.28. The van der Waals surface area contributed by atoms with Gasteiger partial charge in [-0.2, -0.15) is 0 Å². The third-order valence-electron chi connectivity index (χ3n) is 3.58. The lowest BCUT2D eigenvalue weighted by Crippen LogP contribution is -2.30. The summed E-state index contributed by atoms with van der Waals surface area (Å²) >= 11 is 5.91. The molecule has 0 fully saturated rings. The van der Waals surface area contributed by atoms with Crippen molar-refractivity contribution >= 4 is 29.7 Å². The highest BCUT2D eigenvalue weighted by atomic mass is 35.5. The smallest absolute Gasteiger partial charge is 0.0406 e. The van der Waals surface area contributed by atoms with Crippen LogP contribution < -0.4 is 5.73 Å². The molecule has 0 saturated carbocycles. The van der Waals surface area contributed by atoms with Crippen molar-refractivity contribution in [3.8, 4) is 0 Å². The summed E-state index contributed by atoms with van der Waals surface area (Å²) in [7, 11) is 2.14. The Bertz CT molecular complexity index is 555. The van der Waals surface area contributed by atoms with Gasteiger partial charge in [0.25, 0.3) is 0 Å². The molecule has 2 N–H and O–H groups in total. The molecule has 0 aromatic heterocycles. The average Bonchev–Trinajstić information content (AvgIpc) is 2.41. The summed E-state index contributed by atoms with van der Waals surface area (Å²) in [4.78, 5) is 2.34. The van der Waals surface area contributed by atoms with Crippen molar-refractivity contribution in [1.29, 1.82) is 0 Å². The number of likely N-dealkylation sites (N-methyl/N-ethyl adjacent to an activating group) is 1. The van der Waals surface area contributed by atoms with E-state index in [1.165, 1.54) is 11.1 Å². The maximum Gasteiger partial charge on any atom is 0.0406 e. The molecule has 21 heavy (non-hydrogen) atoms. The van der Waals surface area contributed by atoms with Crippen LogP contribution in [0.3, 0.4) is 0 Å². The second-order valence-corrected chi connectivity index (χ2v) is 5.78. The van der Waals surface area contributed by atoms with E-state index >= 15 is 0 Å². The van der Waals surface area contributed by atoms with Gasteiger partial charge in [-0.15, -0.1) is 12.4 Å². The zero-order valence-electron chi connectivity index (χ0n) is 12.4. The van der Waals surface area contributed by atoms with Gasteiger partial charge < -0.3 is 5.73 Å². The highest BCUT2D eigenvalue weighted by molar-refractivity contribution is 6.30. The third-order valence-corrected chi connectivity index (χ3v) is 3.83. The molecule has 2 aromatic carbocycles. The van der Waals surface area contributed by atoms with Gasteiger partial charge in [0.05, 0.1) is 0 Å². The summed E-state index contributed by atoms with van der Waals surface area (Å²) in [5.41, 5.74) is 9.19. The first kappa shape index (κ1) is 17.8. The summed E-state index contributed by atoms with van der Waals surface area (Å²) in [6, 6.07) is 16.6. The van der Waals surface area contributed by atoms with E-state index < -0.39 is 0 Å². The number of nitrogens with two attached hydrogens (primary N) is 1. The van der Waals surface area contributed by atoms with Crippen LogP contribution in [0.2, 0.25) is 5.02 Å². The Morgan fingerprint density at radius 1 is 1.10 bits per heavy atom. The molecule has 2 aromatic rings. The summed E-state index contributed by atoms with van der Waals surface area (Å²) in [6.45, 7) is 3.14. The molecule has 0 bridgehead atoms. The first-order valence-corrected chi connectivity index (χ1v) is 7.21. The number of hydrogen-bond acceptors (Lipinski definition) is 2. The molecule has 0 heterocycles. The van der Waals surface area contributed by atoms with Crippen LogP contribution in [0.4, 0.5) is 5.69 Å². The Morgan fingerprint density at radius 3 is 2.38 bits per heavy atom. The highest BCUT2D eigenvalue weighted by Gasteiger charge is 2.10. The molecule has 0 aliphatic heterocycles. The van der Waals surface area contributed by atoms with E-state index in [0.717, 1.165) is 23.7 Å². The number of hydrogen-bond donors (Lipinski definition) is 1. The molecular formula is C17H22Cl2N2. The van der Waals surface area contributed by atoms with E-state index in [9.17, 15) is 0 Å². The van der Waals surface area contributed by atoms with E-state index in [2.05, 4.69) is 37.1 Å². The van der Waals surface area contributed by atoms with Gasteiger partial charge in [-0.25, -0.2) is 0 Å². The normalized spacial score (nSPS) is 12.0. The third kappa shape index (κ3) is 5.58. The lowest BCUT2D eigenvalue weighted by Gasteiger charge is -2.25. The molecule has 0 saturated heterocycles. The summed E-state index contributed by atoms with van der Waals surface area (Å²) in [5.74, 6) is 0. The van der Waals surface area contributed by atoms with E-state index in [0.29, 0.717) is 6.04 Å². The van der Waals surface area contributed by atoms with Gasteiger partial charge in [-0.05, 0) is 55.8 Å². The highest BCUT2D eigenvalue weighted by Crippen LogP contribution is 2.15. The Kier molecular flexibility index (Phi) is 7.03. The van der Waals surface area contributed by atoms with Gasteiger partial charge in [0, 0.05) is 23.3 Å². The van der Waals surface area contributed by atoms with Crippen molar-refractivity contribution in [3.05, 3.63) is 64.7 Å². The Labute approximate surface area is 138 Å². The van der Waals surface area contributed by atoms with Crippen molar-refractivity contribution in [3.63, 3.8) is 0 Å². The molecule has 2 rings (SSSR count). The van der Waals surface area contributed by atoms with Crippen LogP contribution in [-0.4, -0.2) is 18.0 Å². The summed E-state index contributed by atoms with van der Waals surface area (Å²) < 4.78 is 0. The largest absolute Gasteiger partial charge is 0.399 e. The first-order chi connectivity index (χ1) is 9.54. The van der Waals surface area contributed by atoms with Gasteiger partial charge in [0.2, 0.25) is 0 Å². The van der Waals surface area contributed by atoms with E-state index in [4.69, 9.17) is 17.3 Å². The number of anilines is 1. The Morgan fingerprint density at radius 2 is 1.76 bits per heavy atom. The number of halogens is 2. The predicted octanol–water partition coefficient (Wildman–Crippen LogP) is 4.41. The van der Waals surface area contributed by atoms with Crippen molar-refractivity contribution in [2.45, 2.75) is 25.9 Å². The SMILES string of the molecule is CC(Cc1ccc(Cl)cc1)N(C)Cc1cccc(N)c1.Cl. The van der Waals surface area contributed by atoms with Gasteiger partial charge in [-0.1, -0.05) is 35.9 Å². The van der Waals surface area contributed by atoms with Crippen molar-refractivity contribution in [1.82, 2.24) is 4.90 Å². The van der Waals surface area contributed by atoms with Gasteiger partial charge in [0.15, 0.2) is 0 Å². The zero-order valence-corrected chi connectivity index (χ0v) is 14.0. The second-order valence-electron chi connectivity index (χ2n) is 5.34. The molecule has 0 amide bonds. The molecule has 4 heteroatoms. The fourth-order valence-electron chi connectivity index (χ4n) is 2.25. The fourth-order valence-corrected chi connectivity index (χ4v) is 2.38. The van der Waals surface area contributed by atoms with Crippen LogP contribution in [0.5, 0.6) is 0 Å². The van der Waals surface area contributed by atoms with Crippen LogP contribution in [0.1, 0.15) is 18.1 Å². The number of benzene rings is 2. The Balaban J connectivity index is 0.00000220. The maximum atomic E-state index is 5.91. The zero-order chi connectivity index (χ0) is 14.5. The minimum atomic E-state index is 0. The minimum Gasteiger partial charge on any atom is -0.399 e. The topological polar surface area (TPSA) is 29.3 Å². The molecule has 0 aliphatic carbocycles. The summed E-state index contributed by atoms with van der Waals surface area (Å²) in [6.07, 6.45) is 1.01. The fraction of sp³-hybridized carbons (Fsp3) is 0.294. The predicted molar refractivity (Wildman–Crippen MR) is 94.2 cm³/mol. The monoisotopic (exact) mass is 324 g/mol. The lowest BCUT2D eigenvalue weighted by atomic mass is 10.1. The maximum absolute atomic E-state index is 5.91. The molecule has 1 unspecified atom stereocenters. The van der Waals surface area contributed by atoms with Gasteiger partial charge in [-0.3, -0.25) is 4.90 Å². The molecule has 114 valence electrons. The van der Waals surface area contributed by atoms with Gasteiger partial charge in [0.1, 0.15) is 0 Å². The van der Waals surface area contributed by atoms with Crippen LogP contribution in [0.15, 0.2) is 48.5 Å². The quantitative estimate of drug-likeness (QED) is 0.825. The standard InChI is InChI=1S/C17H21ClN2.ClH/c1-13(10-14-6-8-16(18)9-7-14)20(2)12-15-4-3-5-17(19)11-15;/h3-9,11,13H,10,12,19H2,1-2H3;1H. The van der Waals surface area contributed by atoms with E-state index in [1.807, 2.05) is 30.3 Å². The molecule has 2 nitrogen and oxygen atoms in total. The first-order valence-electron chi connectivity index (χ1n) is 6.83. The van der Waals surface area contributed by atoms with Gasteiger partial charge >= 0.3 is 0 Å². The van der Waals surface area contributed by atoms with E-state index in [1.54, 1.807) is 0 Å². The number of nitrogens with zero attached hydrogens (tertiary/aromatic N) is 1. The lowest BCUT2D eigenvalue weighted by molar-refractivity contribution is 0.248. The summed E-state index contributed by atoms with van der Waals surface area (Å²) in [5, 5.41) is 0.787. The number of nitrogen functional groups attached to an aromatic ring is 1. The van der Waals surface area contributed by atoms with E-state index in [-0.39, 0.29) is 12.4 Å². The molecular weight excluding hydrogens is 303 g/mol. The van der Waals surface area contributed by atoms with Crippen LogP contribution in [-0.2, 0) is 13.0 Å². The van der Waals surface area contributed by atoms with Crippen molar-refractivity contribution in [2.75, 3.05) is 12.8 Å².